The van der Waals surface area contributed by atoms with Gasteiger partial charge < -0.3 is 23.9 Å². The van der Waals surface area contributed by atoms with Gasteiger partial charge >= 0.3 is 6.18 Å². The zero-order valence-corrected chi connectivity index (χ0v) is 31.0. The number of alkyl halides is 3. The molecule has 3 aromatic carbocycles. The first kappa shape index (κ1) is 42.5. The lowest BCUT2D eigenvalue weighted by molar-refractivity contribution is -0.870. The van der Waals surface area contributed by atoms with Crippen LogP contribution in [0.25, 0.3) is 5.69 Å². The Hall–Kier alpha value is -3.91. The predicted molar refractivity (Wildman–Crippen MR) is 182 cm³/mol. The number of benzene rings is 3. The van der Waals surface area contributed by atoms with Gasteiger partial charge in [0.05, 0.1) is 58.7 Å². The third kappa shape index (κ3) is 12.4. The normalized spacial score (nSPS) is 11.9. The second kappa shape index (κ2) is 18.2. The number of nitrogens with one attached hydrogen (secondary N) is 1. The molecule has 1 N–H and O–H groups in total. The fourth-order valence-corrected chi connectivity index (χ4v) is 7.35. The van der Waals surface area contributed by atoms with Crippen LogP contribution in [-0.4, -0.2) is 83.0 Å². The topological polar surface area (TPSA) is 123 Å². The minimum absolute atomic E-state index is 0.150. The number of carboxylic acids is 1. The summed E-state index contributed by atoms with van der Waals surface area (Å²) in [6.45, 7) is 0.878. The molecule has 0 saturated carbocycles. The third-order valence-corrected chi connectivity index (χ3v) is 10.4. The molecule has 4 rings (SSSR count). The molecule has 0 saturated heterocycles. The summed E-state index contributed by atoms with van der Waals surface area (Å²) >= 11 is 2.59. The van der Waals surface area contributed by atoms with Crippen molar-refractivity contribution >= 4 is 39.5 Å². The highest BCUT2D eigenvalue weighted by atomic mass is 32.2. The Labute approximate surface area is 305 Å². The Kier molecular flexibility index (Phi) is 14.9. The minimum atomic E-state index is -5.19. The van der Waals surface area contributed by atoms with Gasteiger partial charge in [0, 0.05) is 40.6 Å². The number of nitrogens with zero attached hydrogens (tertiary/aromatic N) is 3. The zero-order valence-electron chi connectivity index (χ0n) is 28.6. The lowest BCUT2D eigenvalue weighted by atomic mass is 10.2. The highest BCUT2D eigenvalue weighted by Crippen LogP contribution is 2.35. The summed E-state index contributed by atoms with van der Waals surface area (Å²) in [5, 5.41) is 9.21. The van der Waals surface area contributed by atoms with E-state index in [0.29, 0.717) is 39.0 Å². The Morgan fingerprint density at radius 3 is 2.06 bits per heavy atom. The van der Waals surface area contributed by atoms with Crippen molar-refractivity contribution in [2.24, 2.45) is 0 Å². The van der Waals surface area contributed by atoms with E-state index in [0.717, 1.165) is 41.0 Å². The van der Waals surface area contributed by atoms with Crippen LogP contribution in [0.1, 0.15) is 17.7 Å². The van der Waals surface area contributed by atoms with Gasteiger partial charge in [0.15, 0.2) is 16.7 Å². The van der Waals surface area contributed by atoms with Crippen molar-refractivity contribution in [3.05, 3.63) is 89.5 Å². The average Bonchev–Trinajstić information content (AvgIpc) is 3.47. The first-order chi connectivity index (χ1) is 24.3. The van der Waals surface area contributed by atoms with E-state index < -0.39 is 44.5 Å². The first-order valence-electron chi connectivity index (χ1n) is 15.1. The van der Waals surface area contributed by atoms with E-state index in [1.165, 1.54) is 23.9 Å². The maximum atomic E-state index is 15.1. The molecule has 52 heavy (non-hydrogen) atoms. The number of carboxylic acid groups (broad SMARTS) is 1. The minimum Gasteiger partial charge on any atom is -0.542 e. The van der Waals surface area contributed by atoms with Crippen LogP contribution in [-0.2, 0) is 26.3 Å². The molecule has 19 heteroatoms. The van der Waals surface area contributed by atoms with Crippen molar-refractivity contribution in [2.75, 3.05) is 48.5 Å². The number of aliphatic carboxylic acids is 1. The Morgan fingerprint density at radius 2 is 1.52 bits per heavy atom. The molecule has 1 aromatic heterocycles. The number of hydrogen-bond donors (Lipinski definition) is 1. The molecular formula is C33H36F6N4O6S3. The summed E-state index contributed by atoms with van der Waals surface area (Å²) in [7, 11) is 4.99. The fraction of sp³-hybridized carbons (Fsp3) is 0.333. The number of sulfonamides is 1. The first-order valence-corrected chi connectivity index (χ1v) is 18.6. The lowest BCUT2D eigenvalue weighted by Crippen LogP contribution is -2.37. The molecule has 284 valence electrons. The number of aromatic nitrogens is 2. The summed E-state index contributed by atoms with van der Waals surface area (Å²) in [5.41, 5.74) is 1.11. The van der Waals surface area contributed by atoms with E-state index in [1.807, 2.05) is 39.3 Å². The van der Waals surface area contributed by atoms with E-state index in [1.54, 1.807) is 37.1 Å². The van der Waals surface area contributed by atoms with Crippen LogP contribution in [0.4, 0.5) is 26.3 Å². The van der Waals surface area contributed by atoms with Crippen LogP contribution >= 0.6 is 23.5 Å². The highest BCUT2D eigenvalue weighted by Gasteiger charge is 2.29. The molecule has 10 nitrogen and oxygen atoms in total. The van der Waals surface area contributed by atoms with Gasteiger partial charge in [-0.3, -0.25) is 4.57 Å². The summed E-state index contributed by atoms with van der Waals surface area (Å²) in [6, 6.07) is 13.1. The number of carbonyl (C=O) groups is 1. The molecule has 0 unspecified atom stereocenters. The number of ether oxygens (including phenoxy) is 2. The molecule has 4 aromatic rings. The summed E-state index contributed by atoms with van der Waals surface area (Å²) in [5.74, 6) is -3.86. The number of carbonyl (C=O) groups excluding carboxylic acids is 1. The number of imidazole rings is 1. The van der Waals surface area contributed by atoms with E-state index in [4.69, 9.17) is 19.4 Å². The molecule has 0 atom stereocenters. The van der Waals surface area contributed by atoms with Crippen molar-refractivity contribution in [1.82, 2.24) is 14.3 Å². The fourth-order valence-electron chi connectivity index (χ4n) is 4.35. The molecule has 1 heterocycles. The second-order valence-electron chi connectivity index (χ2n) is 11.9. The number of methoxy groups -OCH3 is 2. The number of quaternary nitrogens is 1. The standard InChI is InChI=1S/C31H36F3N4O4S3.C2HF3O2/c1-38(2,3)14-6-13-36-45(39,40)25-16-27(33)26(28(34)17-25)20-44-31-35-18-23(37(31)22-9-7-21(32)8-10-22)19-43-24-11-12-29(41-4)30(15-24)42-5;3-2(4,5)1(6)7/h7-12,15-18,36H,6,13-14,19-20H2,1-5H3;(H,6,7)/q+1;/p-1. The van der Waals surface area contributed by atoms with Crippen molar-refractivity contribution in [2.45, 2.75) is 39.1 Å². The summed E-state index contributed by atoms with van der Waals surface area (Å²) < 4.78 is 117. The van der Waals surface area contributed by atoms with Crippen LogP contribution in [0.2, 0.25) is 0 Å². The summed E-state index contributed by atoms with van der Waals surface area (Å²) in [6.07, 6.45) is -2.97. The number of hydrogen-bond acceptors (Lipinski definition) is 9. The largest absolute Gasteiger partial charge is 0.542 e. The van der Waals surface area contributed by atoms with Gasteiger partial charge in [-0.2, -0.15) is 13.2 Å². The summed E-state index contributed by atoms with van der Waals surface area (Å²) in [4.78, 5) is 13.7. The smallest absolute Gasteiger partial charge is 0.430 e. The van der Waals surface area contributed by atoms with Gasteiger partial charge in [-0.1, -0.05) is 11.8 Å². The molecule has 0 fully saturated rings. The van der Waals surface area contributed by atoms with E-state index in [2.05, 4.69) is 9.71 Å². The molecule has 0 aliphatic carbocycles. The molecule has 0 bridgehead atoms. The Morgan fingerprint density at radius 1 is 0.923 bits per heavy atom. The SMILES string of the molecule is COc1ccc(SCc2cnc(SCc3c(F)cc(S(=O)(=O)NCCC[N+](C)(C)C)cc3F)n2-c2ccc(F)cc2)cc1OC.O=C([O-])C(F)(F)F. The number of halogens is 6. The van der Waals surface area contributed by atoms with Crippen LogP contribution in [0.3, 0.4) is 0 Å². The predicted octanol–water partition coefficient (Wildman–Crippen LogP) is 5.56. The Balaban J connectivity index is 0.000000944. The van der Waals surface area contributed by atoms with Gasteiger partial charge in [-0.05, 0) is 54.6 Å². The molecule has 0 radical (unpaired) electrons. The van der Waals surface area contributed by atoms with E-state index in [9.17, 15) is 26.0 Å². The maximum absolute atomic E-state index is 15.1. The van der Waals surface area contributed by atoms with Crippen molar-refractivity contribution in [3.63, 3.8) is 0 Å². The van der Waals surface area contributed by atoms with E-state index >= 15 is 8.78 Å². The third-order valence-electron chi connectivity index (χ3n) is 6.93. The van der Waals surface area contributed by atoms with Gasteiger partial charge in [-0.25, -0.2) is 31.3 Å². The molecule has 0 amide bonds. The van der Waals surface area contributed by atoms with Crippen LogP contribution in [0.5, 0.6) is 11.5 Å². The monoisotopic (exact) mass is 794 g/mol. The van der Waals surface area contributed by atoms with Crippen LogP contribution in [0.15, 0.2) is 75.7 Å². The average molecular weight is 795 g/mol. The highest BCUT2D eigenvalue weighted by molar-refractivity contribution is 7.98. The lowest BCUT2D eigenvalue weighted by Gasteiger charge is -2.23. The maximum Gasteiger partial charge on any atom is 0.430 e. The zero-order chi connectivity index (χ0) is 38.9. The van der Waals surface area contributed by atoms with Gasteiger partial charge in [-0.15, -0.1) is 11.8 Å². The molecule has 0 aliphatic rings. The Bertz CT molecular complexity index is 1910. The number of thioether (sulfide) groups is 2. The second-order valence-corrected chi connectivity index (χ2v) is 15.6. The quantitative estimate of drug-likeness (QED) is 0.0714. The molecule has 0 aliphatic heterocycles. The van der Waals surface area contributed by atoms with Crippen LogP contribution < -0.4 is 19.3 Å². The van der Waals surface area contributed by atoms with Crippen molar-refractivity contribution in [1.29, 1.82) is 0 Å². The molecular weight excluding hydrogens is 759 g/mol. The van der Waals surface area contributed by atoms with Gasteiger partial charge in [0.1, 0.15) is 23.4 Å². The van der Waals surface area contributed by atoms with Gasteiger partial charge in [0.25, 0.3) is 0 Å². The van der Waals surface area contributed by atoms with Crippen LogP contribution in [0, 0.1) is 17.5 Å². The van der Waals surface area contributed by atoms with Crippen molar-refractivity contribution in [3.8, 4) is 17.2 Å². The molecule has 0 spiro atoms. The van der Waals surface area contributed by atoms with Gasteiger partial charge in [0.2, 0.25) is 10.0 Å². The van der Waals surface area contributed by atoms with Crippen molar-refractivity contribution < 1.29 is 58.6 Å². The number of rotatable bonds is 15. The van der Waals surface area contributed by atoms with E-state index in [-0.39, 0.29) is 17.9 Å².